The van der Waals surface area contributed by atoms with Gasteiger partial charge in [-0.15, -0.1) is 0 Å². The van der Waals surface area contributed by atoms with Crippen LogP contribution in [-0.4, -0.2) is 29.0 Å². The lowest BCUT2D eigenvalue weighted by molar-refractivity contribution is -0.141. The summed E-state index contributed by atoms with van der Waals surface area (Å²) >= 11 is 0. The summed E-state index contributed by atoms with van der Waals surface area (Å²) in [5.74, 6) is -0.281. The van der Waals surface area contributed by atoms with Crippen molar-refractivity contribution in [1.82, 2.24) is 20.6 Å². The van der Waals surface area contributed by atoms with Crippen molar-refractivity contribution < 1.29 is 18.0 Å². The monoisotopic (exact) mass is 316 g/mol. The number of hydrogen-bond acceptors (Lipinski definition) is 4. The van der Waals surface area contributed by atoms with Gasteiger partial charge < -0.3 is 10.6 Å². The quantitative estimate of drug-likeness (QED) is 0.892. The van der Waals surface area contributed by atoms with Crippen molar-refractivity contribution >= 4 is 5.91 Å². The third-order valence-corrected chi connectivity index (χ3v) is 3.56. The first kappa shape index (κ1) is 16.7. The molecule has 1 amide bonds. The Balaban J connectivity index is 1.98. The van der Waals surface area contributed by atoms with Crippen LogP contribution in [0.4, 0.5) is 13.2 Å². The zero-order valence-corrected chi connectivity index (χ0v) is 12.3. The van der Waals surface area contributed by atoms with E-state index in [9.17, 15) is 18.0 Å². The van der Waals surface area contributed by atoms with Crippen LogP contribution in [0.2, 0.25) is 0 Å². The molecule has 2 N–H and O–H groups in total. The predicted molar refractivity (Wildman–Crippen MR) is 73.8 cm³/mol. The van der Waals surface area contributed by atoms with Crippen LogP contribution >= 0.6 is 0 Å². The molecule has 0 aliphatic carbocycles. The van der Waals surface area contributed by atoms with Crippen LogP contribution in [0, 0.1) is 12.8 Å². The summed E-state index contributed by atoms with van der Waals surface area (Å²) in [6.45, 7) is 3.05. The first-order chi connectivity index (χ1) is 10.4. The fraction of sp³-hybridized carbons (Fsp3) is 0.643. The van der Waals surface area contributed by atoms with Gasteiger partial charge in [0.1, 0.15) is 11.5 Å². The highest BCUT2D eigenvalue weighted by molar-refractivity contribution is 5.78. The van der Waals surface area contributed by atoms with Crippen molar-refractivity contribution in [3.05, 3.63) is 23.3 Å². The summed E-state index contributed by atoms with van der Waals surface area (Å²) in [4.78, 5) is 19.5. The van der Waals surface area contributed by atoms with E-state index in [4.69, 9.17) is 0 Å². The largest absolute Gasteiger partial charge is 0.433 e. The Labute approximate surface area is 126 Å². The molecule has 1 atom stereocenters. The van der Waals surface area contributed by atoms with E-state index >= 15 is 0 Å². The maximum atomic E-state index is 12.7. The summed E-state index contributed by atoms with van der Waals surface area (Å²) in [7, 11) is 0. The lowest BCUT2D eigenvalue weighted by Gasteiger charge is -2.14. The summed E-state index contributed by atoms with van der Waals surface area (Å²) < 4.78 is 38.1. The fourth-order valence-corrected chi connectivity index (χ4v) is 2.45. The van der Waals surface area contributed by atoms with E-state index in [0.29, 0.717) is 0 Å². The Hall–Kier alpha value is -1.70. The van der Waals surface area contributed by atoms with Gasteiger partial charge in [-0.25, -0.2) is 9.97 Å². The van der Waals surface area contributed by atoms with Crippen LogP contribution < -0.4 is 10.6 Å². The van der Waals surface area contributed by atoms with Gasteiger partial charge in [0.05, 0.1) is 6.54 Å². The highest BCUT2D eigenvalue weighted by Crippen LogP contribution is 2.27. The summed E-state index contributed by atoms with van der Waals surface area (Å²) in [5, 5.41) is 5.85. The summed E-state index contributed by atoms with van der Waals surface area (Å²) in [6.07, 6.45) is -2.09. The minimum absolute atomic E-state index is 0.0209. The van der Waals surface area contributed by atoms with Crippen LogP contribution in [0.15, 0.2) is 6.07 Å². The molecule has 1 aromatic rings. The Morgan fingerprint density at radius 1 is 1.36 bits per heavy atom. The number of hydrogen-bond donors (Lipinski definition) is 2. The number of aryl methyl sites for hydroxylation is 1. The molecule has 2 rings (SSSR count). The number of carbonyl (C=O) groups excluding carboxylic acids is 1. The van der Waals surface area contributed by atoms with Gasteiger partial charge in [0.25, 0.3) is 0 Å². The molecule has 1 fully saturated rings. The van der Waals surface area contributed by atoms with Crippen molar-refractivity contribution in [2.24, 2.45) is 5.92 Å². The normalized spacial score (nSPS) is 19.5. The number of aromatic nitrogens is 2. The molecule has 1 saturated heterocycles. The molecule has 0 spiro atoms. The minimum atomic E-state index is -4.51. The first-order valence-electron chi connectivity index (χ1n) is 7.26. The number of rotatable bonds is 3. The second kappa shape index (κ2) is 7.04. The van der Waals surface area contributed by atoms with E-state index in [2.05, 4.69) is 20.6 Å². The molecule has 8 heteroatoms. The van der Waals surface area contributed by atoms with Crippen molar-refractivity contribution in [2.45, 2.75) is 38.9 Å². The smallest absolute Gasteiger partial charge is 0.349 e. The summed E-state index contributed by atoms with van der Waals surface area (Å²) in [6, 6.07) is 0.891. The Morgan fingerprint density at radius 2 is 2.14 bits per heavy atom. The van der Waals surface area contributed by atoms with Gasteiger partial charge >= 0.3 is 6.18 Å². The number of carbonyl (C=O) groups is 1. The van der Waals surface area contributed by atoms with Gasteiger partial charge in [-0.1, -0.05) is 0 Å². The minimum Gasteiger partial charge on any atom is -0.349 e. The highest BCUT2D eigenvalue weighted by atomic mass is 19.4. The number of halogens is 3. The van der Waals surface area contributed by atoms with Crippen LogP contribution in [-0.2, 0) is 17.5 Å². The van der Waals surface area contributed by atoms with E-state index in [1.807, 2.05) is 0 Å². The molecule has 122 valence electrons. The van der Waals surface area contributed by atoms with Crippen LogP contribution in [0.3, 0.4) is 0 Å². The van der Waals surface area contributed by atoms with Gasteiger partial charge in [0.15, 0.2) is 0 Å². The molecule has 5 nitrogen and oxygen atoms in total. The van der Waals surface area contributed by atoms with Crippen LogP contribution in [0.1, 0.15) is 36.5 Å². The van der Waals surface area contributed by atoms with E-state index in [1.165, 1.54) is 6.92 Å². The molecule has 0 unspecified atom stereocenters. The first-order valence-corrected chi connectivity index (χ1v) is 7.26. The van der Waals surface area contributed by atoms with E-state index in [1.54, 1.807) is 0 Å². The van der Waals surface area contributed by atoms with Crippen LogP contribution in [0.25, 0.3) is 0 Å². The number of alkyl halides is 3. The van der Waals surface area contributed by atoms with Crippen molar-refractivity contribution in [3.63, 3.8) is 0 Å². The second-order valence-corrected chi connectivity index (χ2v) is 5.40. The molecule has 0 bridgehead atoms. The standard InChI is InChI=1S/C14H19F3N4O/c1-9-7-11(14(15,16)17)21-12(20-9)8-19-13(22)10-3-2-5-18-6-4-10/h7,10,18H,2-6,8H2,1H3,(H,19,22)/t10-/m1/s1. The molecular weight excluding hydrogens is 297 g/mol. The average molecular weight is 316 g/mol. The molecule has 1 aliphatic rings. The van der Waals surface area contributed by atoms with Gasteiger partial charge in [-0.05, 0) is 45.3 Å². The lowest BCUT2D eigenvalue weighted by atomic mass is 10.00. The number of nitrogens with zero attached hydrogens (tertiary/aromatic N) is 2. The van der Waals surface area contributed by atoms with Crippen LogP contribution in [0.5, 0.6) is 0 Å². The van der Waals surface area contributed by atoms with Crippen molar-refractivity contribution in [3.8, 4) is 0 Å². The van der Waals surface area contributed by atoms with Crippen molar-refractivity contribution in [2.75, 3.05) is 13.1 Å². The lowest BCUT2D eigenvalue weighted by Crippen LogP contribution is -2.31. The summed E-state index contributed by atoms with van der Waals surface area (Å²) in [5.41, 5.74) is -0.756. The zero-order chi connectivity index (χ0) is 16.2. The number of nitrogens with one attached hydrogen (secondary N) is 2. The maximum absolute atomic E-state index is 12.7. The zero-order valence-electron chi connectivity index (χ0n) is 12.3. The number of amides is 1. The maximum Gasteiger partial charge on any atom is 0.433 e. The van der Waals surface area contributed by atoms with Gasteiger partial charge in [0.2, 0.25) is 5.91 Å². The molecule has 0 saturated carbocycles. The Kier molecular flexibility index (Phi) is 5.33. The third kappa shape index (κ3) is 4.66. The molecular formula is C14H19F3N4O. The molecule has 0 aromatic carbocycles. The van der Waals surface area contributed by atoms with Gasteiger partial charge in [0, 0.05) is 11.6 Å². The highest BCUT2D eigenvalue weighted by Gasteiger charge is 2.33. The molecule has 1 aromatic heterocycles. The fourth-order valence-electron chi connectivity index (χ4n) is 2.45. The van der Waals surface area contributed by atoms with Gasteiger partial charge in [-0.3, -0.25) is 4.79 Å². The van der Waals surface area contributed by atoms with E-state index < -0.39 is 11.9 Å². The topological polar surface area (TPSA) is 66.9 Å². The predicted octanol–water partition coefficient (Wildman–Crippen LogP) is 1.81. The molecule has 2 heterocycles. The molecule has 22 heavy (non-hydrogen) atoms. The second-order valence-electron chi connectivity index (χ2n) is 5.40. The Morgan fingerprint density at radius 3 is 2.86 bits per heavy atom. The Bertz CT molecular complexity index is 525. The molecule has 0 radical (unpaired) electrons. The van der Waals surface area contributed by atoms with E-state index in [-0.39, 0.29) is 29.9 Å². The van der Waals surface area contributed by atoms with E-state index in [0.717, 1.165) is 38.4 Å². The van der Waals surface area contributed by atoms with Gasteiger partial charge in [-0.2, -0.15) is 13.2 Å². The van der Waals surface area contributed by atoms with Crippen molar-refractivity contribution in [1.29, 1.82) is 0 Å². The molecule has 1 aliphatic heterocycles. The SMILES string of the molecule is Cc1cc(C(F)(F)F)nc(CNC(=O)[C@@H]2CCCNCC2)n1. The third-order valence-electron chi connectivity index (χ3n) is 3.56. The average Bonchev–Trinajstić information content (AvgIpc) is 2.72.